The molecular formula is C12H9ClFNO. The number of nitrogens with zero attached hydrogens (tertiary/aromatic N) is 1. The number of hydrogen-bond acceptors (Lipinski definition) is 2. The molecule has 0 N–H and O–H groups in total. The molecule has 0 aliphatic carbocycles. The van der Waals surface area contributed by atoms with Gasteiger partial charge in [0, 0.05) is 6.07 Å². The van der Waals surface area contributed by atoms with Crippen molar-refractivity contribution in [3.8, 4) is 11.6 Å². The van der Waals surface area contributed by atoms with Gasteiger partial charge in [0.15, 0.2) is 0 Å². The number of hydrogen-bond donors (Lipinski definition) is 0. The number of halogens is 2. The summed E-state index contributed by atoms with van der Waals surface area (Å²) in [5, 5.41) is 0. The fourth-order valence-corrected chi connectivity index (χ4v) is 1.36. The second-order valence-corrected chi connectivity index (χ2v) is 3.42. The second-order valence-electron chi connectivity index (χ2n) is 3.16. The van der Waals surface area contributed by atoms with E-state index in [0.29, 0.717) is 17.5 Å². The molecule has 0 aliphatic rings. The van der Waals surface area contributed by atoms with Gasteiger partial charge in [-0.05, 0) is 30.3 Å². The summed E-state index contributed by atoms with van der Waals surface area (Å²) in [4.78, 5) is 4.16. The van der Waals surface area contributed by atoms with Gasteiger partial charge >= 0.3 is 0 Å². The Hall–Kier alpha value is -1.61. The SMILES string of the molecule is Fc1ccc(Oc2cccc(CCl)n2)cc1. The van der Waals surface area contributed by atoms with Crippen LogP contribution in [0.2, 0.25) is 0 Å². The first-order valence-corrected chi connectivity index (χ1v) is 5.27. The Balaban J connectivity index is 2.16. The van der Waals surface area contributed by atoms with Crippen LogP contribution >= 0.6 is 11.6 Å². The van der Waals surface area contributed by atoms with Crippen molar-refractivity contribution in [1.82, 2.24) is 4.98 Å². The number of ether oxygens (including phenoxy) is 1. The molecule has 0 bridgehead atoms. The van der Waals surface area contributed by atoms with Gasteiger partial charge in [0.05, 0.1) is 11.6 Å². The third-order valence-electron chi connectivity index (χ3n) is 1.95. The van der Waals surface area contributed by atoms with Crippen molar-refractivity contribution in [2.75, 3.05) is 0 Å². The first-order chi connectivity index (χ1) is 7.78. The largest absolute Gasteiger partial charge is 0.439 e. The molecule has 0 atom stereocenters. The summed E-state index contributed by atoms with van der Waals surface area (Å²) in [6.07, 6.45) is 0. The minimum Gasteiger partial charge on any atom is -0.439 e. The Morgan fingerprint density at radius 3 is 2.56 bits per heavy atom. The number of aromatic nitrogens is 1. The predicted molar refractivity (Wildman–Crippen MR) is 60.3 cm³/mol. The lowest BCUT2D eigenvalue weighted by atomic mass is 10.3. The molecule has 82 valence electrons. The molecule has 0 radical (unpaired) electrons. The van der Waals surface area contributed by atoms with Crippen LogP contribution in [-0.4, -0.2) is 4.98 Å². The molecule has 0 aliphatic heterocycles. The van der Waals surface area contributed by atoms with Crippen molar-refractivity contribution in [3.05, 3.63) is 54.0 Å². The van der Waals surface area contributed by atoms with Crippen molar-refractivity contribution in [2.45, 2.75) is 5.88 Å². The third-order valence-corrected chi connectivity index (χ3v) is 2.23. The lowest BCUT2D eigenvalue weighted by molar-refractivity contribution is 0.460. The highest BCUT2D eigenvalue weighted by molar-refractivity contribution is 6.16. The van der Waals surface area contributed by atoms with Gasteiger partial charge < -0.3 is 4.74 Å². The normalized spacial score (nSPS) is 10.1. The van der Waals surface area contributed by atoms with E-state index in [9.17, 15) is 4.39 Å². The van der Waals surface area contributed by atoms with Crippen LogP contribution in [0, 0.1) is 5.82 Å². The van der Waals surface area contributed by atoms with Gasteiger partial charge in [0.25, 0.3) is 0 Å². The predicted octanol–water partition coefficient (Wildman–Crippen LogP) is 3.75. The molecule has 1 aromatic heterocycles. The number of rotatable bonds is 3. The molecule has 0 saturated carbocycles. The molecule has 0 spiro atoms. The maximum atomic E-state index is 12.7. The first-order valence-electron chi connectivity index (χ1n) is 4.73. The molecule has 0 fully saturated rings. The second kappa shape index (κ2) is 4.94. The van der Waals surface area contributed by atoms with Gasteiger partial charge in [-0.3, -0.25) is 0 Å². The fraction of sp³-hybridized carbons (Fsp3) is 0.0833. The van der Waals surface area contributed by atoms with E-state index < -0.39 is 0 Å². The molecule has 0 amide bonds. The highest BCUT2D eigenvalue weighted by Gasteiger charge is 2.00. The van der Waals surface area contributed by atoms with Gasteiger partial charge in [-0.1, -0.05) is 6.07 Å². The topological polar surface area (TPSA) is 22.1 Å². The van der Waals surface area contributed by atoms with Gasteiger partial charge in [0.2, 0.25) is 5.88 Å². The average Bonchev–Trinajstić information content (AvgIpc) is 2.32. The van der Waals surface area contributed by atoms with Crippen LogP contribution in [0.3, 0.4) is 0 Å². The lowest BCUT2D eigenvalue weighted by Crippen LogP contribution is -1.91. The summed E-state index contributed by atoms with van der Waals surface area (Å²) in [5.74, 6) is 1.03. The maximum absolute atomic E-state index is 12.7. The van der Waals surface area contributed by atoms with Crippen LogP contribution in [0.15, 0.2) is 42.5 Å². The minimum absolute atomic E-state index is 0.296. The van der Waals surface area contributed by atoms with Crippen LogP contribution < -0.4 is 4.74 Å². The van der Waals surface area contributed by atoms with E-state index >= 15 is 0 Å². The van der Waals surface area contributed by atoms with Crippen molar-refractivity contribution in [2.24, 2.45) is 0 Å². The molecule has 1 heterocycles. The number of alkyl halides is 1. The monoisotopic (exact) mass is 237 g/mol. The zero-order valence-electron chi connectivity index (χ0n) is 8.36. The molecular weight excluding hydrogens is 229 g/mol. The Labute approximate surface area is 97.7 Å². The lowest BCUT2D eigenvalue weighted by Gasteiger charge is -2.05. The average molecular weight is 238 g/mol. The Bertz CT molecular complexity index is 473. The Morgan fingerprint density at radius 2 is 1.88 bits per heavy atom. The molecule has 1 aromatic carbocycles. The minimum atomic E-state index is -0.296. The van der Waals surface area contributed by atoms with E-state index in [1.807, 2.05) is 12.1 Å². The molecule has 2 rings (SSSR count). The summed E-state index contributed by atoms with van der Waals surface area (Å²) in [5.41, 5.74) is 0.737. The van der Waals surface area contributed by atoms with Crippen molar-refractivity contribution < 1.29 is 9.13 Å². The van der Waals surface area contributed by atoms with Gasteiger partial charge in [-0.2, -0.15) is 0 Å². The number of pyridine rings is 1. The fourth-order valence-electron chi connectivity index (χ4n) is 1.21. The molecule has 0 saturated heterocycles. The zero-order valence-corrected chi connectivity index (χ0v) is 9.12. The molecule has 4 heteroatoms. The van der Waals surface area contributed by atoms with E-state index in [2.05, 4.69) is 4.98 Å². The standard InChI is InChI=1S/C12H9ClFNO/c13-8-10-2-1-3-12(15-10)16-11-6-4-9(14)5-7-11/h1-7H,8H2. The van der Waals surface area contributed by atoms with E-state index in [4.69, 9.17) is 16.3 Å². The van der Waals surface area contributed by atoms with Gasteiger partial charge in [0.1, 0.15) is 11.6 Å². The van der Waals surface area contributed by atoms with Crippen LogP contribution in [0.5, 0.6) is 11.6 Å². The van der Waals surface area contributed by atoms with E-state index in [0.717, 1.165) is 5.69 Å². The van der Waals surface area contributed by atoms with Crippen molar-refractivity contribution >= 4 is 11.6 Å². The summed E-state index contributed by atoms with van der Waals surface area (Å²) < 4.78 is 18.1. The van der Waals surface area contributed by atoms with Gasteiger partial charge in [-0.25, -0.2) is 9.37 Å². The Morgan fingerprint density at radius 1 is 1.12 bits per heavy atom. The van der Waals surface area contributed by atoms with Crippen LogP contribution in [0.1, 0.15) is 5.69 Å². The summed E-state index contributed by atoms with van der Waals surface area (Å²) >= 11 is 5.66. The quantitative estimate of drug-likeness (QED) is 0.759. The van der Waals surface area contributed by atoms with Crippen LogP contribution in [0.25, 0.3) is 0 Å². The summed E-state index contributed by atoms with van der Waals surface area (Å²) in [6, 6.07) is 11.1. The van der Waals surface area contributed by atoms with Crippen molar-refractivity contribution in [1.29, 1.82) is 0 Å². The molecule has 16 heavy (non-hydrogen) atoms. The van der Waals surface area contributed by atoms with Crippen molar-refractivity contribution in [3.63, 3.8) is 0 Å². The molecule has 2 nitrogen and oxygen atoms in total. The zero-order chi connectivity index (χ0) is 11.4. The Kier molecular flexibility index (Phi) is 3.37. The third kappa shape index (κ3) is 2.70. The highest BCUT2D eigenvalue weighted by Crippen LogP contribution is 2.19. The van der Waals surface area contributed by atoms with Gasteiger partial charge in [-0.15, -0.1) is 11.6 Å². The molecule has 2 aromatic rings. The number of benzene rings is 1. The first kappa shape index (κ1) is 10.9. The van der Waals surface area contributed by atoms with E-state index in [-0.39, 0.29) is 5.82 Å². The highest BCUT2D eigenvalue weighted by atomic mass is 35.5. The smallest absolute Gasteiger partial charge is 0.219 e. The van der Waals surface area contributed by atoms with E-state index in [1.165, 1.54) is 12.1 Å². The van der Waals surface area contributed by atoms with Crippen LogP contribution in [-0.2, 0) is 5.88 Å². The van der Waals surface area contributed by atoms with E-state index in [1.54, 1.807) is 18.2 Å². The maximum Gasteiger partial charge on any atom is 0.219 e. The van der Waals surface area contributed by atoms with Crippen LogP contribution in [0.4, 0.5) is 4.39 Å². The molecule has 0 unspecified atom stereocenters. The summed E-state index contributed by atoms with van der Waals surface area (Å²) in [6.45, 7) is 0. The summed E-state index contributed by atoms with van der Waals surface area (Å²) in [7, 11) is 0.